The monoisotopic (exact) mass is 239 g/mol. The molecule has 1 aliphatic carbocycles. The van der Waals surface area contributed by atoms with E-state index in [4.69, 9.17) is 5.11 Å². The molecule has 1 saturated heterocycles. The molecule has 0 aromatic heterocycles. The number of amides is 1. The first-order chi connectivity index (χ1) is 8.09. The van der Waals surface area contributed by atoms with Crippen molar-refractivity contribution in [3.63, 3.8) is 0 Å². The second-order valence-corrected chi connectivity index (χ2v) is 5.42. The van der Waals surface area contributed by atoms with Crippen molar-refractivity contribution < 1.29 is 14.7 Å². The van der Waals surface area contributed by atoms with Gasteiger partial charge in [-0.05, 0) is 38.5 Å². The van der Waals surface area contributed by atoms with Crippen molar-refractivity contribution in [2.24, 2.45) is 11.8 Å². The summed E-state index contributed by atoms with van der Waals surface area (Å²) in [4.78, 5) is 25.0. The van der Waals surface area contributed by atoms with E-state index in [2.05, 4.69) is 0 Å². The molecule has 1 heterocycles. The number of carboxylic acid groups (broad SMARTS) is 1. The van der Waals surface area contributed by atoms with Crippen LogP contribution in [0, 0.1) is 11.8 Å². The van der Waals surface area contributed by atoms with Crippen molar-refractivity contribution in [2.75, 3.05) is 6.54 Å². The highest BCUT2D eigenvalue weighted by Crippen LogP contribution is 2.31. The molecule has 2 aliphatic rings. The zero-order chi connectivity index (χ0) is 12.4. The molecule has 0 radical (unpaired) electrons. The summed E-state index contributed by atoms with van der Waals surface area (Å²) in [5.74, 6) is -0.430. The average molecular weight is 239 g/mol. The van der Waals surface area contributed by atoms with Crippen molar-refractivity contribution in [3.8, 4) is 0 Å². The molecule has 1 amide bonds. The number of carboxylic acids is 1. The third kappa shape index (κ3) is 2.61. The summed E-state index contributed by atoms with van der Waals surface area (Å²) in [5, 5.41) is 9.11. The Kier molecular flexibility index (Phi) is 3.69. The highest BCUT2D eigenvalue weighted by atomic mass is 16.4. The van der Waals surface area contributed by atoms with Gasteiger partial charge in [0.1, 0.15) is 0 Å². The molecule has 4 nitrogen and oxygen atoms in total. The van der Waals surface area contributed by atoms with Crippen LogP contribution in [0.2, 0.25) is 0 Å². The van der Waals surface area contributed by atoms with E-state index in [0.717, 1.165) is 25.8 Å². The fraction of sp³-hybridized carbons (Fsp3) is 0.846. The zero-order valence-electron chi connectivity index (χ0n) is 10.4. The lowest BCUT2D eigenvalue weighted by Gasteiger charge is -2.39. The maximum atomic E-state index is 12.1. The predicted molar refractivity (Wildman–Crippen MR) is 63.5 cm³/mol. The summed E-state index contributed by atoms with van der Waals surface area (Å²) >= 11 is 0. The van der Waals surface area contributed by atoms with Crippen LogP contribution in [0.25, 0.3) is 0 Å². The van der Waals surface area contributed by atoms with Crippen LogP contribution in [-0.2, 0) is 9.59 Å². The van der Waals surface area contributed by atoms with E-state index in [0.29, 0.717) is 18.8 Å². The topological polar surface area (TPSA) is 57.6 Å². The van der Waals surface area contributed by atoms with Gasteiger partial charge >= 0.3 is 5.97 Å². The van der Waals surface area contributed by atoms with E-state index >= 15 is 0 Å². The summed E-state index contributed by atoms with van der Waals surface area (Å²) in [5.41, 5.74) is 0. The summed E-state index contributed by atoms with van der Waals surface area (Å²) in [7, 11) is 0. The molecule has 2 rings (SSSR count). The van der Waals surface area contributed by atoms with Crippen LogP contribution < -0.4 is 0 Å². The van der Waals surface area contributed by atoms with Gasteiger partial charge in [0.15, 0.2) is 0 Å². The lowest BCUT2D eigenvalue weighted by atomic mass is 9.82. The molecule has 0 spiro atoms. The van der Waals surface area contributed by atoms with Gasteiger partial charge in [0.05, 0.1) is 5.92 Å². The van der Waals surface area contributed by atoms with Crippen LogP contribution in [0.4, 0.5) is 0 Å². The molecule has 2 fully saturated rings. The SMILES string of the molecule is C[C@@H]1[C@H](C(=O)O)CCCN1C(=O)CC1CCC1. The quantitative estimate of drug-likeness (QED) is 0.818. The number of carbonyl (C=O) groups is 2. The first-order valence-electron chi connectivity index (χ1n) is 6.62. The Morgan fingerprint density at radius 3 is 2.47 bits per heavy atom. The fourth-order valence-corrected chi connectivity index (χ4v) is 2.89. The average Bonchev–Trinajstić information content (AvgIpc) is 2.23. The van der Waals surface area contributed by atoms with Crippen LogP contribution in [-0.4, -0.2) is 34.5 Å². The predicted octanol–water partition coefficient (Wildman–Crippen LogP) is 1.89. The van der Waals surface area contributed by atoms with Crippen molar-refractivity contribution >= 4 is 11.9 Å². The van der Waals surface area contributed by atoms with Crippen LogP contribution >= 0.6 is 0 Å². The smallest absolute Gasteiger partial charge is 0.308 e. The third-order valence-electron chi connectivity index (χ3n) is 4.31. The minimum atomic E-state index is -0.765. The highest BCUT2D eigenvalue weighted by molar-refractivity contribution is 5.79. The summed E-state index contributed by atoms with van der Waals surface area (Å²) in [6.45, 7) is 2.60. The molecule has 4 heteroatoms. The van der Waals surface area contributed by atoms with Crippen LogP contribution in [0.15, 0.2) is 0 Å². The fourth-order valence-electron chi connectivity index (χ4n) is 2.89. The molecular weight excluding hydrogens is 218 g/mol. The van der Waals surface area contributed by atoms with E-state index in [9.17, 15) is 9.59 Å². The minimum absolute atomic E-state index is 0.145. The van der Waals surface area contributed by atoms with E-state index in [1.807, 2.05) is 6.92 Å². The van der Waals surface area contributed by atoms with Crippen molar-refractivity contribution in [1.29, 1.82) is 0 Å². The normalized spacial score (nSPS) is 29.8. The number of piperidine rings is 1. The maximum absolute atomic E-state index is 12.1. The van der Waals surface area contributed by atoms with E-state index < -0.39 is 5.97 Å². The number of hydrogen-bond donors (Lipinski definition) is 1. The molecule has 96 valence electrons. The first kappa shape index (κ1) is 12.4. The lowest BCUT2D eigenvalue weighted by Crippen LogP contribution is -2.49. The van der Waals surface area contributed by atoms with Gasteiger partial charge in [0.25, 0.3) is 0 Å². The third-order valence-corrected chi connectivity index (χ3v) is 4.31. The van der Waals surface area contributed by atoms with Gasteiger partial charge < -0.3 is 10.0 Å². The Bertz CT molecular complexity index is 312. The Morgan fingerprint density at radius 2 is 1.94 bits per heavy atom. The molecule has 0 unspecified atom stereocenters. The Hall–Kier alpha value is -1.06. The van der Waals surface area contributed by atoms with Gasteiger partial charge in [-0.25, -0.2) is 0 Å². The molecule has 1 saturated carbocycles. The van der Waals surface area contributed by atoms with Crippen molar-refractivity contribution in [2.45, 2.75) is 51.5 Å². The van der Waals surface area contributed by atoms with Crippen molar-refractivity contribution in [3.05, 3.63) is 0 Å². The van der Waals surface area contributed by atoms with Crippen LogP contribution in [0.1, 0.15) is 45.4 Å². The second kappa shape index (κ2) is 5.07. The van der Waals surface area contributed by atoms with Gasteiger partial charge in [-0.3, -0.25) is 9.59 Å². The summed E-state index contributed by atoms with van der Waals surface area (Å²) in [6.07, 6.45) is 5.70. The Balaban J connectivity index is 1.93. The Labute approximate surface area is 102 Å². The number of likely N-dealkylation sites (tertiary alicyclic amines) is 1. The Morgan fingerprint density at radius 1 is 1.24 bits per heavy atom. The van der Waals surface area contributed by atoms with Crippen molar-refractivity contribution in [1.82, 2.24) is 4.90 Å². The number of aliphatic carboxylic acids is 1. The highest BCUT2D eigenvalue weighted by Gasteiger charge is 2.36. The molecular formula is C13H21NO3. The van der Waals surface area contributed by atoms with Gasteiger partial charge in [0, 0.05) is 19.0 Å². The number of carbonyl (C=O) groups excluding carboxylic acids is 1. The summed E-state index contributed by atoms with van der Waals surface area (Å²) < 4.78 is 0. The lowest BCUT2D eigenvalue weighted by molar-refractivity contribution is -0.149. The molecule has 0 aromatic rings. The molecule has 1 aliphatic heterocycles. The van der Waals surface area contributed by atoms with Gasteiger partial charge in [-0.2, -0.15) is 0 Å². The maximum Gasteiger partial charge on any atom is 0.308 e. The molecule has 0 bridgehead atoms. The number of rotatable bonds is 3. The van der Waals surface area contributed by atoms with E-state index in [1.165, 1.54) is 6.42 Å². The van der Waals surface area contributed by atoms with Crippen LogP contribution in [0.5, 0.6) is 0 Å². The second-order valence-electron chi connectivity index (χ2n) is 5.42. The van der Waals surface area contributed by atoms with Crippen LogP contribution in [0.3, 0.4) is 0 Å². The van der Waals surface area contributed by atoms with Gasteiger partial charge in [-0.15, -0.1) is 0 Å². The number of hydrogen-bond acceptors (Lipinski definition) is 2. The number of nitrogens with zero attached hydrogens (tertiary/aromatic N) is 1. The van der Waals surface area contributed by atoms with E-state index in [1.54, 1.807) is 4.90 Å². The zero-order valence-corrected chi connectivity index (χ0v) is 10.4. The molecule has 1 N–H and O–H groups in total. The van der Waals surface area contributed by atoms with Gasteiger partial charge in [0.2, 0.25) is 5.91 Å². The molecule has 0 aromatic carbocycles. The minimum Gasteiger partial charge on any atom is -0.481 e. The molecule has 17 heavy (non-hydrogen) atoms. The standard InChI is InChI=1S/C13H21NO3/c1-9-11(13(16)17)6-3-7-14(9)12(15)8-10-4-2-5-10/h9-11H,2-8H2,1H3,(H,16,17)/t9-,11-/m1/s1. The first-order valence-corrected chi connectivity index (χ1v) is 6.62. The van der Waals surface area contributed by atoms with Gasteiger partial charge in [-0.1, -0.05) is 6.42 Å². The van der Waals surface area contributed by atoms with E-state index in [-0.39, 0.29) is 17.9 Å². The molecule has 2 atom stereocenters. The summed E-state index contributed by atoms with van der Waals surface area (Å²) in [6, 6.07) is -0.145. The largest absolute Gasteiger partial charge is 0.481 e.